The third-order valence-electron chi connectivity index (χ3n) is 2.85. The molecule has 2 rings (SSSR count). The number of hydrogen-bond acceptors (Lipinski definition) is 4. The second kappa shape index (κ2) is 6.51. The lowest BCUT2D eigenvalue weighted by Gasteiger charge is -2.06. The molecule has 0 unspecified atom stereocenters. The van der Waals surface area contributed by atoms with Crippen molar-refractivity contribution in [2.45, 2.75) is 13.8 Å². The van der Waals surface area contributed by atoms with Crippen molar-refractivity contribution in [3.05, 3.63) is 53.7 Å². The van der Waals surface area contributed by atoms with Crippen LogP contribution in [0.25, 0.3) is 0 Å². The minimum Gasteiger partial charge on any atom is -0.508 e. The molecule has 2 amide bonds. The Morgan fingerprint density at radius 1 is 1.24 bits per heavy atom. The summed E-state index contributed by atoms with van der Waals surface area (Å²) in [5, 5.41) is 15.8. The van der Waals surface area contributed by atoms with E-state index in [-0.39, 0.29) is 5.75 Å². The van der Waals surface area contributed by atoms with Gasteiger partial charge in [0, 0.05) is 6.20 Å². The number of aromatic hydroxyl groups is 1. The summed E-state index contributed by atoms with van der Waals surface area (Å²) in [6.45, 7) is 3.62. The maximum Gasteiger partial charge on any atom is 0.340 e. The van der Waals surface area contributed by atoms with E-state index >= 15 is 0 Å². The SMILES string of the molecule is C/C(=N\NC(=O)Nc1ncccc1C)c1ccc(O)cc1. The van der Waals surface area contributed by atoms with Crippen molar-refractivity contribution in [2.75, 3.05) is 5.32 Å². The van der Waals surface area contributed by atoms with E-state index in [1.54, 1.807) is 43.5 Å². The minimum absolute atomic E-state index is 0.183. The lowest BCUT2D eigenvalue weighted by molar-refractivity contribution is 0.252. The first-order valence-corrected chi connectivity index (χ1v) is 6.38. The number of nitrogens with zero attached hydrogens (tertiary/aromatic N) is 2. The van der Waals surface area contributed by atoms with Crippen LogP contribution in [-0.4, -0.2) is 21.8 Å². The molecule has 0 saturated heterocycles. The van der Waals surface area contributed by atoms with Crippen LogP contribution in [0.1, 0.15) is 18.1 Å². The third kappa shape index (κ3) is 4.04. The van der Waals surface area contributed by atoms with E-state index in [1.165, 1.54) is 0 Å². The van der Waals surface area contributed by atoms with Crippen LogP contribution in [-0.2, 0) is 0 Å². The number of urea groups is 1. The Balaban J connectivity index is 1.98. The van der Waals surface area contributed by atoms with Crippen molar-refractivity contribution < 1.29 is 9.90 Å². The van der Waals surface area contributed by atoms with Crippen molar-refractivity contribution in [3.8, 4) is 5.75 Å². The average Bonchev–Trinajstić information content (AvgIpc) is 2.48. The van der Waals surface area contributed by atoms with Crippen LogP contribution in [0.15, 0.2) is 47.7 Å². The van der Waals surface area contributed by atoms with Gasteiger partial charge < -0.3 is 5.11 Å². The zero-order valence-electron chi connectivity index (χ0n) is 11.8. The van der Waals surface area contributed by atoms with Gasteiger partial charge in [0.05, 0.1) is 5.71 Å². The number of benzene rings is 1. The van der Waals surface area contributed by atoms with E-state index in [1.807, 2.05) is 13.0 Å². The molecule has 0 atom stereocenters. The Morgan fingerprint density at radius 2 is 1.95 bits per heavy atom. The zero-order chi connectivity index (χ0) is 15.2. The highest BCUT2D eigenvalue weighted by atomic mass is 16.3. The number of hydrazone groups is 1. The molecule has 0 radical (unpaired) electrons. The quantitative estimate of drug-likeness (QED) is 0.598. The number of amides is 2. The van der Waals surface area contributed by atoms with Gasteiger partial charge >= 0.3 is 6.03 Å². The molecular weight excluding hydrogens is 268 g/mol. The van der Waals surface area contributed by atoms with Gasteiger partial charge in [-0.1, -0.05) is 6.07 Å². The summed E-state index contributed by atoms with van der Waals surface area (Å²) < 4.78 is 0. The lowest BCUT2D eigenvalue weighted by Crippen LogP contribution is -2.26. The van der Waals surface area contributed by atoms with Gasteiger partial charge in [0.25, 0.3) is 0 Å². The van der Waals surface area contributed by atoms with Gasteiger partial charge in [-0.2, -0.15) is 5.10 Å². The van der Waals surface area contributed by atoms with Gasteiger partial charge in [0.1, 0.15) is 11.6 Å². The standard InChI is InChI=1S/C15H16N4O2/c1-10-4-3-9-16-14(10)17-15(21)19-18-11(2)12-5-7-13(20)8-6-12/h3-9,20H,1-2H3,(H2,16,17,19,21)/b18-11+. The minimum atomic E-state index is -0.463. The number of anilines is 1. The number of aryl methyl sites for hydroxylation is 1. The molecule has 108 valence electrons. The molecule has 6 heteroatoms. The number of nitrogens with one attached hydrogen (secondary N) is 2. The molecule has 6 nitrogen and oxygen atoms in total. The van der Waals surface area contributed by atoms with E-state index in [4.69, 9.17) is 0 Å². The molecule has 0 saturated carbocycles. The predicted molar refractivity (Wildman–Crippen MR) is 81.4 cm³/mol. The molecule has 1 aromatic heterocycles. The molecule has 0 aliphatic rings. The van der Waals surface area contributed by atoms with Crippen LogP contribution in [0.2, 0.25) is 0 Å². The number of phenols is 1. The smallest absolute Gasteiger partial charge is 0.340 e. The summed E-state index contributed by atoms with van der Waals surface area (Å²) in [5.41, 5.74) is 4.71. The van der Waals surface area contributed by atoms with Gasteiger partial charge in [-0.15, -0.1) is 0 Å². The molecule has 0 aliphatic heterocycles. The lowest BCUT2D eigenvalue weighted by atomic mass is 10.1. The summed E-state index contributed by atoms with van der Waals surface area (Å²) in [6, 6.07) is 9.75. The molecule has 3 N–H and O–H groups in total. The molecule has 0 bridgehead atoms. The Labute approximate surface area is 122 Å². The number of pyridine rings is 1. The number of carbonyl (C=O) groups excluding carboxylic acids is 1. The number of aromatic nitrogens is 1. The van der Waals surface area contributed by atoms with Crippen molar-refractivity contribution >= 4 is 17.6 Å². The molecule has 0 aliphatic carbocycles. The molecule has 0 spiro atoms. The molecule has 0 fully saturated rings. The van der Waals surface area contributed by atoms with Gasteiger partial charge in [-0.05, 0) is 55.3 Å². The number of rotatable bonds is 3. The highest BCUT2D eigenvalue weighted by Crippen LogP contribution is 2.10. The fourth-order valence-electron chi connectivity index (χ4n) is 1.65. The first kappa shape index (κ1) is 14.5. The van der Waals surface area contributed by atoms with E-state index in [0.717, 1.165) is 11.1 Å². The van der Waals surface area contributed by atoms with Crippen molar-refractivity contribution in [2.24, 2.45) is 5.10 Å². The molecule has 21 heavy (non-hydrogen) atoms. The Morgan fingerprint density at radius 3 is 2.62 bits per heavy atom. The maximum atomic E-state index is 11.7. The van der Waals surface area contributed by atoms with E-state index in [0.29, 0.717) is 11.5 Å². The summed E-state index contributed by atoms with van der Waals surface area (Å²) >= 11 is 0. The molecule has 1 heterocycles. The monoisotopic (exact) mass is 284 g/mol. The highest BCUT2D eigenvalue weighted by molar-refractivity contribution is 5.99. The predicted octanol–water partition coefficient (Wildman–Crippen LogP) is 2.64. The second-order valence-corrected chi connectivity index (χ2v) is 4.48. The van der Waals surface area contributed by atoms with E-state index in [9.17, 15) is 9.90 Å². The van der Waals surface area contributed by atoms with Crippen LogP contribution in [0.3, 0.4) is 0 Å². The first-order valence-electron chi connectivity index (χ1n) is 6.38. The molecule has 1 aromatic carbocycles. The zero-order valence-corrected chi connectivity index (χ0v) is 11.8. The van der Waals surface area contributed by atoms with E-state index < -0.39 is 6.03 Å². The second-order valence-electron chi connectivity index (χ2n) is 4.48. The molecule has 2 aromatic rings. The van der Waals surface area contributed by atoms with Crippen LogP contribution in [0.4, 0.5) is 10.6 Å². The van der Waals surface area contributed by atoms with Gasteiger partial charge in [0.15, 0.2) is 0 Å². The van der Waals surface area contributed by atoms with Gasteiger partial charge in [0.2, 0.25) is 0 Å². The number of phenolic OH excluding ortho intramolecular Hbond substituents is 1. The van der Waals surface area contributed by atoms with Crippen LogP contribution in [0.5, 0.6) is 5.75 Å². The summed E-state index contributed by atoms with van der Waals surface area (Å²) in [5.74, 6) is 0.676. The summed E-state index contributed by atoms with van der Waals surface area (Å²) in [4.78, 5) is 15.8. The first-order chi connectivity index (χ1) is 10.1. The number of hydrogen-bond donors (Lipinski definition) is 3. The average molecular weight is 284 g/mol. The summed E-state index contributed by atoms with van der Waals surface area (Å²) in [6.07, 6.45) is 1.60. The third-order valence-corrected chi connectivity index (χ3v) is 2.85. The highest BCUT2D eigenvalue weighted by Gasteiger charge is 2.04. The Hall–Kier alpha value is -2.89. The van der Waals surface area contributed by atoms with Crippen LogP contribution >= 0.6 is 0 Å². The largest absolute Gasteiger partial charge is 0.508 e. The molecular formula is C15H16N4O2. The Kier molecular flexibility index (Phi) is 4.50. The maximum absolute atomic E-state index is 11.7. The van der Waals surface area contributed by atoms with E-state index in [2.05, 4.69) is 20.8 Å². The normalized spacial score (nSPS) is 11.0. The van der Waals surface area contributed by atoms with Crippen molar-refractivity contribution in [3.63, 3.8) is 0 Å². The van der Waals surface area contributed by atoms with Crippen LogP contribution < -0.4 is 10.7 Å². The van der Waals surface area contributed by atoms with Crippen molar-refractivity contribution in [1.82, 2.24) is 10.4 Å². The fourth-order valence-corrected chi connectivity index (χ4v) is 1.65. The van der Waals surface area contributed by atoms with Gasteiger partial charge in [-0.25, -0.2) is 15.2 Å². The summed E-state index contributed by atoms with van der Waals surface area (Å²) in [7, 11) is 0. The fraction of sp³-hybridized carbons (Fsp3) is 0.133. The van der Waals surface area contributed by atoms with Crippen molar-refractivity contribution in [1.29, 1.82) is 0 Å². The topological polar surface area (TPSA) is 86.6 Å². The van der Waals surface area contributed by atoms with Gasteiger partial charge in [-0.3, -0.25) is 5.32 Å². The van der Waals surface area contributed by atoms with Crippen LogP contribution in [0, 0.1) is 6.92 Å². The Bertz CT molecular complexity index is 666. The number of carbonyl (C=O) groups is 1.